The number of amides is 1. The molecule has 0 unspecified atom stereocenters. The van der Waals surface area contributed by atoms with E-state index in [-0.39, 0.29) is 5.91 Å². The van der Waals surface area contributed by atoms with Crippen LogP contribution in [0.1, 0.15) is 12.8 Å². The highest BCUT2D eigenvalue weighted by Crippen LogP contribution is 1.89. The summed E-state index contributed by atoms with van der Waals surface area (Å²) in [5, 5.41) is 2.73. The first-order valence-electron chi connectivity index (χ1n) is 5.06. The molecule has 0 aliphatic heterocycles. The van der Waals surface area contributed by atoms with Crippen molar-refractivity contribution < 1.29 is 4.79 Å². The minimum Gasteiger partial charge on any atom is -0.355 e. The van der Waals surface area contributed by atoms with Crippen molar-refractivity contribution in [1.29, 1.82) is 0 Å². The Morgan fingerprint density at radius 1 is 1.29 bits per heavy atom. The quantitative estimate of drug-likeness (QED) is 0.458. The molecule has 0 aromatic rings. The first-order chi connectivity index (χ1) is 6.70. The molecule has 0 fully saturated rings. The lowest BCUT2D eigenvalue weighted by molar-refractivity contribution is -0.121. The fourth-order valence-electron chi connectivity index (χ4n) is 1.07. The van der Waals surface area contributed by atoms with E-state index in [1.54, 1.807) is 0 Å². The molecule has 0 saturated carbocycles. The first kappa shape index (κ1) is 13.4. The average molecular weight is 202 g/mol. The maximum atomic E-state index is 11.2. The third-order valence-corrected chi connectivity index (χ3v) is 1.93. The lowest BCUT2D eigenvalue weighted by Crippen LogP contribution is -2.32. The van der Waals surface area contributed by atoms with Crippen molar-refractivity contribution in [2.75, 3.05) is 39.8 Å². The lowest BCUT2D eigenvalue weighted by atomic mass is 10.3. The van der Waals surface area contributed by atoms with Gasteiger partial charge in [0.25, 0.3) is 0 Å². The molecule has 5 nitrogen and oxygen atoms in total. The van der Waals surface area contributed by atoms with Gasteiger partial charge in [-0.3, -0.25) is 4.79 Å². The molecular weight excluding hydrogens is 180 g/mol. The van der Waals surface area contributed by atoms with Gasteiger partial charge in [0, 0.05) is 26.1 Å². The van der Waals surface area contributed by atoms with Gasteiger partial charge in [0.2, 0.25) is 5.91 Å². The monoisotopic (exact) mass is 202 g/mol. The van der Waals surface area contributed by atoms with E-state index in [2.05, 4.69) is 10.2 Å². The number of nitrogens with one attached hydrogen (secondary N) is 1. The van der Waals surface area contributed by atoms with Crippen molar-refractivity contribution in [1.82, 2.24) is 10.2 Å². The summed E-state index contributed by atoms with van der Waals surface area (Å²) >= 11 is 0. The first-order valence-corrected chi connectivity index (χ1v) is 5.06. The van der Waals surface area contributed by atoms with E-state index in [9.17, 15) is 4.79 Å². The van der Waals surface area contributed by atoms with Gasteiger partial charge >= 0.3 is 0 Å². The maximum Gasteiger partial charge on any atom is 0.221 e. The number of nitrogens with zero attached hydrogens (tertiary/aromatic N) is 1. The molecule has 84 valence electrons. The predicted molar refractivity (Wildman–Crippen MR) is 57.8 cm³/mol. The van der Waals surface area contributed by atoms with Gasteiger partial charge in [-0.1, -0.05) is 0 Å². The smallest absolute Gasteiger partial charge is 0.221 e. The standard InChI is InChI=1S/C9H22N4O/c1-13(7-2-4-10)8-3-9(14)12-6-5-11/h2-8,10-11H2,1H3,(H,12,14). The summed E-state index contributed by atoms with van der Waals surface area (Å²) < 4.78 is 0. The van der Waals surface area contributed by atoms with Crippen molar-refractivity contribution in [3.05, 3.63) is 0 Å². The molecule has 0 aromatic heterocycles. The van der Waals surface area contributed by atoms with Gasteiger partial charge in [-0.15, -0.1) is 0 Å². The Balaban J connectivity index is 3.36. The predicted octanol–water partition coefficient (Wildman–Crippen LogP) is -1.27. The zero-order valence-electron chi connectivity index (χ0n) is 8.96. The highest BCUT2D eigenvalue weighted by atomic mass is 16.1. The largest absolute Gasteiger partial charge is 0.355 e. The second-order valence-corrected chi connectivity index (χ2v) is 3.33. The molecule has 0 atom stereocenters. The lowest BCUT2D eigenvalue weighted by Gasteiger charge is -2.15. The van der Waals surface area contributed by atoms with Crippen LogP contribution in [0.4, 0.5) is 0 Å². The molecule has 14 heavy (non-hydrogen) atoms. The number of hydrogen-bond acceptors (Lipinski definition) is 4. The van der Waals surface area contributed by atoms with Crippen LogP contribution in [-0.2, 0) is 4.79 Å². The Labute approximate surface area is 85.8 Å². The number of rotatable bonds is 8. The van der Waals surface area contributed by atoms with Crippen molar-refractivity contribution in [3.8, 4) is 0 Å². The third kappa shape index (κ3) is 7.97. The number of carbonyl (C=O) groups is 1. The molecule has 0 spiro atoms. The van der Waals surface area contributed by atoms with E-state index in [0.29, 0.717) is 26.1 Å². The molecule has 5 heteroatoms. The van der Waals surface area contributed by atoms with Crippen LogP contribution < -0.4 is 16.8 Å². The van der Waals surface area contributed by atoms with E-state index in [0.717, 1.165) is 19.5 Å². The molecule has 0 aliphatic carbocycles. The van der Waals surface area contributed by atoms with Crippen molar-refractivity contribution in [3.63, 3.8) is 0 Å². The fraction of sp³-hybridized carbons (Fsp3) is 0.889. The summed E-state index contributed by atoms with van der Waals surface area (Å²) in [4.78, 5) is 13.3. The molecule has 0 aromatic carbocycles. The summed E-state index contributed by atoms with van der Waals surface area (Å²) in [6.07, 6.45) is 1.50. The van der Waals surface area contributed by atoms with E-state index in [4.69, 9.17) is 11.5 Å². The van der Waals surface area contributed by atoms with Gasteiger partial charge < -0.3 is 21.7 Å². The van der Waals surface area contributed by atoms with Crippen LogP contribution in [0.2, 0.25) is 0 Å². The van der Waals surface area contributed by atoms with Crippen LogP contribution in [0.3, 0.4) is 0 Å². The fourth-order valence-corrected chi connectivity index (χ4v) is 1.07. The van der Waals surface area contributed by atoms with E-state index < -0.39 is 0 Å². The summed E-state index contributed by atoms with van der Waals surface area (Å²) in [6, 6.07) is 0. The Hall–Kier alpha value is -0.650. The Bertz CT molecular complexity index is 152. The molecule has 0 aliphatic rings. The second-order valence-electron chi connectivity index (χ2n) is 3.33. The normalized spacial score (nSPS) is 10.6. The molecule has 5 N–H and O–H groups in total. The average Bonchev–Trinajstić information content (AvgIpc) is 2.20. The van der Waals surface area contributed by atoms with Gasteiger partial charge in [0.1, 0.15) is 0 Å². The molecule has 0 bridgehead atoms. The van der Waals surface area contributed by atoms with Gasteiger partial charge in [-0.2, -0.15) is 0 Å². The highest BCUT2D eigenvalue weighted by Gasteiger charge is 2.02. The van der Waals surface area contributed by atoms with Crippen molar-refractivity contribution in [2.45, 2.75) is 12.8 Å². The van der Waals surface area contributed by atoms with Crippen LogP contribution >= 0.6 is 0 Å². The topological polar surface area (TPSA) is 84.4 Å². The van der Waals surface area contributed by atoms with Gasteiger partial charge in [-0.05, 0) is 26.6 Å². The molecule has 0 saturated heterocycles. The van der Waals surface area contributed by atoms with Crippen LogP contribution in [0.5, 0.6) is 0 Å². The molecule has 0 radical (unpaired) electrons. The second kappa shape index (κ2) is 8.93. The van der Waals surface area contributed by atoms with Crippen molar-refractivity contribution in [2.24, 2.45) is 11.5 Å². The summed E-state index contributed by atoms with van der Waals surface area (Å²) in [5.74, 6) is 0.0649. The molecule has 0 heterocycles. The molecule has 0 rings (SSSR count). The zero-order chi connectivity index (χ0) is 10.8. The van der Waals surface area contributed by atoms with Crippen molar-refractivity contribution >= 4 is 5.91 Å². The minimum absolute atomic E-state index is 0.0649. The Kier molecular flexibility index (Phi) is 8.51. The number of carbonyl (C=O) groups excluding carboxylic acids is 1. The summed E-state index contributed by atoms with van der Waals surface area (Å²) in [6.45, 7) is 3.47. The number of nitrogens with two attached hydrogens (primary N) is 2. The third-order valence-electron chi connectivity index (χ3n) is 1.93. The van der Waals surface area contributed by atoms with Crippen LogP contribution in [0.25, 0.3) is 0 Å². The summed E-state index contributed by atoms with van der Waals surface area (Å²) in [5.41, 5.74) is 10.6. The maximum absolute atomic E-state index is 11.2. The van der Waals surface area contributed by atoms with E-state index >= 15 is 0 Å². The number of hydrogen-bond donors (Lipinski definition) is 3. The van der Waals surface area contributed by atoms with Gasteiger partial charge in [0.15, 0.2) is 0 Å². The van der Waals surface area contributed by atoms with Gasteiger partial charge in [-0.25, -0.2) is 0 Å². The van der Waals surface area contributed by atoms with Crippen LogP contribution in [-0.4, -0.2) is 50.6 Å². The minimum atomic E-state index is 0.0649. The SMILES string of the molecule is CN(CCCN)CCC(=O)NCCN. The molecular formula is C9H22N4O. The van der Waals surface area contributed by atoms with Gasteiger partial charge in [0.05, 0.1) is 0 Å². The molecule has 1 amide bonds. The van der Waals surface area contributed by atoms with E-state index in [1.165, 1.54) is 0 Å². The summed E-state index contributed by atoms with van der Waals surface area (Å²) in [7, 11) is 1.99. The Morgan fingerprint density at radius 2 is 2.00 bits per heavy atom. The Morgan fingerprint density at radius 3 is 2.57 bits per heavy atom. The zero-order valence-corrected chi connectivity index (χ0v) is 8.96. The van der Waals surface area contributed by atoms with Crippen LogP contribution in [0.15, 0.2) is 0 Å². The van der Waals surface area contributed by atoms with E-state index in [1.807, 2.05) is 7.05 Å². The highest BCUT2D eigenvalue weighted by molar-refractivity contribution is 5.76. The van der Waals surface area contributed by atoms with Crippen LogP contribution in [0, 0.1) is 0 Å².